The highest BCUT2D eigenvalue weighted by Gasteiger charge is 2.45. The Balaban J connectivity index is 1.58. The van der Waals surface area contributed by atoms with Crippen LogP contribution in [0.2, 0.25) is 0 Å². The number of nitrogens with one attached hydrogen (secondary N) is 1. The quantitative estimate of drug-likeness (QED) is 0.374. The Morgan fingerprint density at radius 1 is 0.816 bits per heavy atom. The average molecular weight is 512 g/mol. The number of aliphatic hydroxyl groups excluding tert-OH is 1. The highest BCUT2D eigenvalue weighted by atomic mass is 16.3. The van der Waals surface area contributed by atoms with Crippen LogP contribution in [0.25, 0.3) is 0 Å². The first-order valence-corrected chi connectivity index (χ1v) is 14.5. The Morgan fingerprint density at radius 2 is 1.34 bits per heavy atom. The molecule has 4 nitrogen and oxygen atoms in total. The van der Waals surface area contributed by atoms with Gasteiger partial charge in [0.15, 0.2) is 0 Å². The first kappa shape index (κ1) is 26.6. The fraction of sp³-hybridized carbons (Fsp3) is 0.471. The number of anilines is 2. The van der Waals surface area contributed by atoms with Gasteiger partial charge in [0.2, 0.25) is 0 Å². The lowest BCUT2D eigenvalue weighted by molar-refractivity contribution is 0.148. The molecule has 2 heterocycles. The lowest BCUT2D eigenvalue weighted by Crippen LogP contribution is -2.43. The standard InChI is InChI=1S/C34H45N3O/c1-8-11-20-35-31-23(21-29-33(4,5)25-16-12-14-18-27(25)36(29)9-2)32(38)24(31)22-30-34(6,7)26-17-13-15-19-28(26)37(30)10-3/h12-19,21-23,32,35,38H,8-11,20H2,1-7H3. The predicted molar refractivity (Wildman–Crippen MR) is 161 cm³/mol. The number of fused-ring (bicyclic) bond motifs is 2. The van der Waals surface area contributed by atoms with E-state index in [1.807, 2.05) is 0 Å². The first-order chi connectivity index (χ1) is 18.2. The molecule has 0 fully saturated rings. The molecular weight excluding hydrogens is 466 g/mol. The van der Waals surface area contributed by atoms with Crippen molar-refractivity contribution in [1.29, 1.82) is 0 Å². The van der Waals surface area contributed by atoms with E-state index < -0.39 is 6.10 Å². The predicted octanol–water partition coefficient (Wildman–Crippen LogP) is 7.02. The molecule has 0 spiro atoms. The van der Waals surface area contributed by atoms with Crippen LogP contribution >= 0.6 is 0 Å². The summed E-state index contributed by atoms with van der Waals surface area (Å²) >= 11 is 0. The molecule has 2 aromatic carbocycles. The summed E-state index contributed by atoms with van der Waals surface area (Å²) in [5.74, 6) is -0.0432. The smallest absolute Gasteiger partial charge is 0.0925 e. The van der Waals surface area contributed by atoms with Gasteiger partial charge in [0.1, 0.15) is 0 Å². The summed E-state index contributed by atoms with van der Waals surface area (Å²) in [6.45, 7) is 18.6. The van der Waals surface area contributed by atoms with E-state index in [4.69, 9.17) is 0 Å². The molecule has 2 unspecified atom stereocenters. The maximum absolute atomic E-state index is 11.7. The van der Waals surface area contributed by atoms with E-state index in [1.165, 1.54) is 39.6 Å². The highest BCUT2D eigenvalue weighted by molar-refractivity contribution is 5.72. The van der Waals surface area contributed by atoms with E-state index in [1.54, 1.807) is 0 Å². The lowest BCUT2D eigenvalue weighted by Gasteiger charge is -2.40. The molecule has 2 atom stereocenters. The van der Waals surface area contributed by atoms with Gasteiger partial charge in [-0.15, -0.1) is 0 Å². The second-order valence-electron chi connectivity index (χ2n) is 12.0. The summed E-state index contributed by atoms with van der Waals surface area (Å²) < 4.78 is 0. The molecule has 0 bridgehead atoms. The van der Waals surface area contributed by atoms with Gasteiger partial charge in [0.25, 0.3) is 0 Å². The normalized spacial score (nSPS) is 25.2. The van der Waals surface area contributed by atoms with Crippen molar-refractivity contribution in [2.45, 2.75) is 78.2 Å². The molecule has 1 aliphatic carbocycles. The monoisotopic (exact) mass is 511 g/mol. The number of para-hydroxylation sites is 2. The van der Waals surface area contributed by atoms with Gasteiger partial charge in [-0.1, -0.05) is 83.5 Å². The second kappa shape index (κ2) is 9.96. The van der Waals surface area contributed by atoms with Crippen LogP contribution in [0.4, 0.5) is 11.4 Å². The number of hydrogen-bond acceptors (Lipinski definition) is 4. The molecule has 38 heavy (non-hydrogen) atoms. The third-order valence-electron chi connectivity index (χ3n) is 9.01. The fourth-order valence-electron chi connectivity index (χ4n) is 6.80. The molecule has 2 aromatic rings. The largest absolute Gasteiger partial charge is 0.387 e. The third kappa shape index (κ3) is 4.00. The van der Waals surface area contributed by atoms with E-state index >= 15 is 0 Å². The highest BCUT2D eigenvalue weighted by Crippen LogP contribution is 2.51. The van der Waals surface area contributed by atoms with E-state index in [-0.39, 0.29) is 16.7 Å². The number of aliphatic hydroxyl groups is 1. The van der Waals surface area contributed by atoms with Crippen molar-refractivity contribution in [3.8, 4) is 0 Å². The lowest BCUT2D eigenvalue weighted by atomic mass is 9.74. The van der Waals surface area contributed by atoms with Crippen LogP contribution in [-0.4, -0.2) is 30.8 Å². The Hall–Kier alpha value is -2.98. The fourth-order valence-corrected chi connectivity index (χ4v) is 6.80. The van der Waals surface area contributed by atoms with Gasteiger partial charge in [-0.25, -0.2) is 0 Å². The first-order valence-electron chi connectivity index (χ1n) is 14.5. The van der Waals surface area contributed by atoms with Crippen molar-refractivity contribution in [3.05, 3.63) is 94.5 Å². The maximum Gasteiger partial charge on any atom is 0.0925 e. The molecule has 3 aliphatic rings. The van der Waals surface area contributed by atoms with Crippen LogP contribution in [0.15, 0.2) is 83.3 Å². The zero-order chi connectivity index (χ0) is 27.2. The number of hydrogen-bond donors (Lipinski definition) is 2. The van der Waals surface area contributed by atoms with Crippen molar-refractivity contribution in [1.82, 2.24) is 5.32 Å². The summed E-state index contributed by atoms with van der Waals surface area (Å²) in [4.78, 5) is 4.84. The molecule has 0 aromatic heterocycles. The number of likely N-dealkylation sites (N-methyl/N-ethyl adjacent to an activating group) is 2. The average Bonchev–Trinajstić information content (AvgIpc) is 3.27. The van der Waals surface area contributed by atoms with Gasteiger partial charge < -0.3 is 20.2 Å². The summed E-state index contributed by atoms with van der Waals surface area (Å²) in [6.07, 6.45) is 6.35. The molecule has 202 valence electrons. The van der Waals surface area contributed by atoms with Crippen LogP contribution < -0.4 is 15.1 Å². The van der Waals surface area contributed by atoms with E-state index in [0.29, 0.717) is 0 Å². The van der Waals surface area contributed by atoms with E-state index in [2.05, 4.69) is 124 Å². The zero-order valence-corrected chi connectivity index (χ0v) is 24.3. The third-order valence-corrected chi connectivity index (χ3v) is 9.01. The van der Waals surface area contributed by atoms with Crippen LogP contribution in [0.3, 0.4) is 0 Å². The molecule has 4 heteroatoms. The summed E-state index contributed by atoms with van der Waals surface area (Å²) in [6, 6.07) is 17.5. The van der Waals surface area contributed by atoms with Gasteiger partial charge in [-0.2, -0.15) is 0 Å². The minimum Gasteiger partial charge on any atom is -0.387 e. The van der Waals surface area contributed by atoms with Gasteiger partial charge in [-0.3, -0.25) is 0 Å². The van der Waals surface area contributed by atoms with Crippen molar-refractivity contribution < 1.29 is 5.11 Å². The zero-order valence-electron chi connectivity index (χ0n) is 24.3. The van der Waals surface area contributed by atoms with Crippen molar-refractivity contribution in [2.24, 2.45) is 5.92 Å². The number of unbranched alkanes of at least 4 members (excludes halogenated alkanes) is 1. The molecule has 0 saturated carbocycles. The van der Waals surface area contributed by atoms with Crippen molar-refractivity contribution >= 4 is 11.4 Å². The van der Waals surface area contributed by atoms with E-state index in [0.717, 1.165) is 38.0 Å². The Kier molecular flexibility index (Phi) is 6.98. The molecule has 0 amide bonds. The van der Waals surface area contributed by atoms with Gasteiger partial charge >= 0.3 is 0 Å². The number of allylic oxidation sites excluding steroid dienone is 2. The second-order valence-corrected chi connectivity index (χ2v) is 12.0. The minimum atomic E-state index is -0.532. The van der Waals surface area contributed by atoms with Crippen LogP contribution in [0, 0.1) is 5.92 Å². The van der Waals surface area contributed by atoms with E-state index in [9.17, 15) is 5.11 Å². The van der Waals surface area contributed by atoms with Gasteiger partial charge in [0, 0.05) is 70.4 Å². The van der Waals surface area contributed by atoms with Gasteiger partial charge in [0.05, 0.1) is 6.10 Å². The Morgan fingerprint density at radius 3 is 1.89 bits per heavy atom. The SMILES string of the molecule is CCCCNC1=C(C=C2N(CC)c3ccccc3C2(C)C)C(O)C1C=C1N(CC)c2ccccc2C1(C)C. The van der Waals surface area contributed by atoms with Crippen LogP contribution in [-0.2, 0) is 10.8 Å². The molecular formula is C34H45N3O. The molecule has 0 radical (unpaired) electrons. The molecule has 0 saturated heterocycles. The summed E-state index contributed by atoms with van der Waals surface area (Å²) in [7, 11) is 0. The maximum atomic E-state index is 11.7. The van der Waals surface area contributed by atoms with Gasteiger partial charge in [-0.05, 0) is 49.6 Å². The van der Waals surface area contributed by atoms with Crippen LogP contribution in [0.1, 0.15) is 72.4 Å². The number of benzene rings is 2. The Labute approximate surface area is 229 Å². The number of nitrogens with zero attached hydrogens (tertiary/aromatic N) is 2. The summed E-state index contributed by atoms with van der Waals surface area (Å²) in [5, 5.41) is 15.4. The van der Waals surface area contributed by atoms with Crippen molar-refractivity contribution in [3.63, 3.8) is 0 Å². The topological polar surface area (TPSA) is 38.7 Å². The summed E-state index contributed by atoms with van der Waals surface area (Å²) in [5.41, 5.74) is 9.82. The molecule has 2 aliphatic heterocycles. The van der Waals surface area contributed by atoms with Crippen LogP contribution in [0.5, 0.6) is 0 Å². The van der Waals surface area contributed by atoms with Crippen molar-refractivity contribution in [2.75, 3.05) is 29.4 Å². The number of rotatable bonds is 8. The molecule has 2 N–H and O–H groups in total. The Bertz CT molecular complexity index is 1300. The molecule has 5 rings (SSSR count). The minimum absolute atomic E-state index is 0.0432.